The molecule has 1 rings (SSSR count). The first kappa shape index (κ1) is 11.3. The third-order valence-corrected chi connectivity index (χ3v) is 2.30. The van der Waals surface area contributed by atoms with Crippen LogP contribution >= 0.6 is 0 Å². The Balaban J connectivity index is 3.58. The van der Waals surface area contributed by atoms with Crippen molar-refractivity contribution < 1.29 is 0 Å². The van der Waals surface area contributed by atoms with Gasteiger partial charge in [0, 0.05) is 16.8 Å². The van der Waals surface area contributed by atoms with Crippen LogP contribution in [0.4, 0.5) is 0 Å². The first-order valence-electron chi connectivity index (χ1n) is 5.03. The fourth-order valence-corrected chi connectivity index (χ4v) is 1.55. The number of aromatic nitrogens is 1. The van der Waals surface area contributed by atoms with E-state index in [9.17, 15) is 0 Å². The van der Waals surface area contributed by atoms with Gasteiger partial charge in [-0.3, -0.25) is 0 Å². The largest absolute Gasteiger partial charge is 0.362 e. The van der Waals surface area contributed by atoms with Crippen molar-refractivity contribution in [1.82, 2.24) is 4.98 Å². The summed E-state index contributed by atoms with van der Waals surface area (Å²) >= 11 is 0. The molecular weight excluding hydrogens is 182 g/mol. The van der Waals surface area contributed by atoms with Crippen LogP contribution < -0.4 is 10.6 Å². The van der Waals surface area contributed by atoms with Crippen LogP contribution in [-0.2, 0) is 0 Å². The first-order chi connectivity index (χ1) is 7.24. The number of hydrogen-bond donors (Lipinski definition) is 1. The van der Waals surface area contributed by atoms with Crippen molar-refractivity contribution in [3.8, 4) is 0 Å². The Bertz CT molecular complexity index is 498. The average molecular weight is 199 g/mol. The number of allylic oxidation sites excluding steroid dienone is 5. The molecule has 1 heteroatoms. The van der Waals surface area contributed by atoms with E-state index in [4.69, 9.17) is 0 Å². The highest BCUT2D eigenvalue weighted by molar-refractivity contribution is 5.75. The quantitative estimate of drug-likeness (QED) is 0.719. The molecule has 0 bridgehead atoms. The molecule has 0 spiro atoms. The van der Waals surface area contributed by atoms with Gasteiger partial charge in [-0.25, -0.2) is 0 Å². The molecule has 78 valence electrons. The topological polar surface area (TPSA) is 15.8 Å². The zero-order valence-corrected chi connectivity index (χ0v) is 9.38. The smallest absolute Gasteiger partial charge is 0.0387 e. The summed E-state index contributed by atoms with van der Waals surface area (Å²) in [5, 5.41) is 2.06. The third kappa shape index (κ3) is 2.38. The Morgan fingerprint density at radius 1 is 1.40 bits per heavy atom. The number of H-pyrrole nitrogens is 1. The lowest BCUT2D eigenvalue weighted by Crippen LogP contribution is -2.23. The van der Waals surface area contributed by atoms with Gasteiger partial charge in [-0.15, -0.1) is 0 Å². The number of rotatable bonds is 3. The van der Waals surface area contributed by atoms with Crippen LogP contribution in [0.2, 0.25) is 0 Å². The lowest BCUT2D eigenvalue weighted by Gasteiger charge is -2.01. The highest BCUT2D eigenvalue weighted by atomic mass is 14.6. The summed E-state index contributed by atoms with van der Waals surface area (Å²) in [6.45, 7) is 11.8. The molecule has 0 saturated heterocycles. The highest BCUT2D eigenvalue weighted by Gasteiger charge is 1.98. The highest BCUT2D eigenvalue weighted by Crippen LogP contribution is 2.11. The number of aromatic amines is 1. The van der Waals surface area contributed by atoms with E-state index < -0.39 is 0 Å². The van der Waals surface area contributed by atoms with Gasteiger partial charge in [-0.1, -0.05) is 37.5 Å². The second-order valence-corrected chi connectivity index (χ2v) is 3.23. The number of hydrogen-bond acceptors (Lipinski definition) is 0. The minimum absolute atomic E-state index is 0.935. The van der Waals surface area contributed by atoms with Gasteiger partial charge in [0.25, 0.3) is 0 Å². The standard InChI is InChI=1S/C14H17N/c1-5-8-14(12(6-2)7-3)13-9-10-15-11(13)4/h5-10,15H,2,4H2,1,3H3/b8-5-,12-7+,14-13+. The molecule has 0 aliphatic heterocycles. The van der Waals surface area contributed by atoms with Crippen LogP contribution in [-0.4, -0.2) is 4.98 Å². The van der Waals surface area contributed by atoms with E-state index in [2.05, 4.69) is 30.3 Å². The molecule has 1 nitrogen and oxygen atoms in total. The van der Waals surface area contributed by atoms with Crippen molar-refractivity contribution in [2.24, 2.45) is 0 Å². The second-order valence-electron chi connectivity index (χ2n) is 3.23. The number of nitrogens with one attached hydrogen (secondary N) is 1. The monoisotopic (exact) mass is 199 g/mol. The maximum Gasteiger partial charge on any atom is 0.0387 e. The molecule has 0 atom stereocenters. The van der Waals surface area contributed by atoms with Gasteiger partial charge in [0.05, 0.1) is 0 Å². The van der Waals surface area contributed by atoms with Crippen LogP contribution in [0.3, 0.4) is 0 Å². The Morgan fingerprint density at radius 3 is 2.53 bits per heavy atom. The molecule has 1 aromatic heterocycles. The molecule has 0 aliphatic rings. The summed E-state index contributed by atoms with van der Waals surface area (Å²) in [5.74, 6) is 0. The lowest BCUT2D eigenvalue weighted by atomic mass is 10.0. The average Bonchev–Trinajstić information content (AvgIpc) is 2.65. The molecule has 1 heterocycles. The fraction of sp³-hybridized carbons (Fsp3) is 0.143. The molecule has 0 fully saturated rings. The summed E-state index contributed by atoms with van der Waals surface area (Å²) in [4.78, 5) is 3.08. The normalized spacial score (nSPS) is 14.4. The molecule has 1 aromatic rings. The summed E-state index contributed by atoms with van der Waals surface area (Å²) in [5.41, 5.74) is 2.28. The van der Waals surface area contributed by atoms with Crippen molar-refractivity contribution in [1.29, 1.82) is 0 Å². The van der Waals surface area contributed by atoms with Crippen molar-refractivity contribution in [2.45, 2.75) is 13.8 Å². The molecule has 0 unspecified atom stereocenters. The van der Waals surface area contributed by atoms with E-state index in [1.807, 2.05) is 38.3 Å². The van der Waals surface area contributed by atoms with E-state index in [-0.39, 0.29) is 0 Å². The molecule has 15 heavy (non-hydrogen) atoms. The van der Waals surface area contributed by atoms with Gasteiger partial charge in [0.1, 0.15) is 0 Å². The molecule has 1 N–H and O–H groups in total. The van der Waals surface area contributed by atoms with E-state index in [1.54, 1.807) is 0 Å². The Hall–Kier alpha value is -1.76. The van der Waals surface area contributed by atoms with Crippen LogP contribution in [0.5, 0.6) is 0 Å². The molecule has 0 radical (unpaired) electrons. The molecule has 0 aromatic carbocycles. The third-order valence-electron chi connectivity index (χ3n) is 2.30. The van der Waals surface area contributed by atoms with E-state index in [0.717, 1.165) is 21.7 Å². The Kier molecular flexibility index (Phi) is 3.92. The van der Waals surface area contributed by atoms with Gasteiger partial charge in [-0.05, 0) is 31.1 Å². The van der Waals surface area contributed by atoms with Gasteiger partial charge in [0.15, 0.2) is 0 Å². The predicted molar refractivity (Wildman–Crippen MR) is 67.7 cm³/mol. The van der Waals surface area contributed by atoms with Crippen LogP contribution in [0.25, 0.3) is 12.2 Å². The maximum atomic E-state index is 3.96. The molecule has 0 aliphatic carbocycles. The van der Waals surface area contributed by atoms with Gasteiger partial charge in [0.2, 0.25) is 0 Å². The van der Waals surface area contributed by atoms with Crippen LogP contribution in [0.15, 0.2) is 48.7 Å². The lowest BCUT2D eigenvalue weighted by molar-refractivity contribution is 1.32. The minimum Gasteiger partial charge on any atom is -0.362 e. The summed E-state index contributed by atoms with van der Waals surface area (Å²) in [6, 6.07) is 2.03. The SMILES string of the molecule is C=CC(=C\C)/C(/C=C\C)=c1\cc[nH]c1=C. The Labute approximate surface area is 90.8 Å². The van der Waals surface area contributed by atoms with Crippen molar-refractivity contribution in [3.05, 3.63) is 59.3 Å². The molecule has 0 amide bonds. The first-order valence-corrected chi connectivity index (χ1v) is 5.03. The van der Waals surface area contributed by atoms with Crippen molar-refractivity contribution >= 4 is 12.2 Å². The van der Waals surface area contributed by atoms with Gasteiger partial charge in [-0.2, -0.15) is 0 Å². The van der Waals surface area contributed by atoms with Gasteiger partial charge >= 0.3 is 0 Å². The summed E-state index contributed by atoms with van der Waals surface area (Å²) in [7, 11) is 0. The predicted octanol–water partition coefficient (Wildman–Crippen LogP) is 2.28. The van der Waals surface area contributed by atoms with Crippen molar-refractivity contribution in [3.63, 3.8) is 0 Å². The van der Waals surface area contributed by atoms with E-state index in [0.29, 0.717) is 0 Å². The summed E-state index contributed by atoms with van der Waals surface area (Å²) < 4.78 is 0. The van der Waals surface area contributed by atoms with Crippen LogP contribution in [0, 0.1) is 0 Å². The summed E-state index contributed by atoms with van der Waals surface area (Å²) in [6.07, 6.45) is 9.91. The minimum atomic E-state index is 0.935. The maximum absolute atomic E-state index is 3.96. The molecular formula is C14H17N. The van der Waals surface area contributed by atoms with Crippen molar-refractivity contribution in [2.75, 3.05) is 0 Å². The zero-order chi connectivity index (χ0) is 11.3. The van der Waals surface area contributed by atoms with E-state index in [1.165, 1.54) is 0 Å². The molecule has 0 saturated carbocycles. The zero-order valence-electron chi connectivity index (χ0n) is 9.38. The van der Waals surface area contributed by atoms with Gasteiger partial charge < -0.3 is 4.98 Å². The van der Waals surface area contributed by atoms with E-state index >= 15 is 0 Å². The Morgan fingerprint density at radius 2 is 2.13 bits per heavy atom. The second kappa shape index (κ2) is 5.20. The fourth-order valence-electron chi connectivity index (χ4n) is 1.55. The van der Waals surface area contributed by atoms with Crippen LogP contribution in [0.1, 0.15) is 13.8 Å².